The molecule has 1 aliphatic heterocycles. The van der Waals surface area contributed by atoms with E-state index in [1.54, 1.807) is 5.57 Å². The third-order valence-electron chi connectivity index (χ3n) is 3.85. The fourth-order valence-electron chi connectivity index (χ4n) is 2.72. The predicted octanol–water partition coefficient (Wildman–Crippen LogP) is 3.28. The summed E-state index contributed by atoms with van der Waals surface area (Å²) in [5.41, 5.74) is 3.12. The van der Waals surface area contributed by atoms with E-state index in [4.69, 9.17) is 0 Å². The van der Waals surface area contributed by atoms with Crippen LogP contribution in [-0.2, 0) is 0 Å². The Morgan fingerprint density at radius 3 is 2.09 bits per heavy atom. The molecule has 0 radical (unpaired) electrons. The Kier molecular flexibility index (Phi) is 1.04. The van der Waals surface area contributed by atoms with Gasteiger partial charge in [-0.05, 0) is 13.8 Å². The lowest BCUT2D eigenvalue weighted by Gasteiger charge is -2.07. The number of rotatable bonds is 0. The van der Waals surface area contributed by atoms with Crippen molar-refractivity contribution in [3.8, 4) is 0 Å². The first-order chi connectivity index (χ1) is 4.91. The van der Waals surface area contributed by atoms with Crippen molar-refractivity contribution in [2.75, 3.05) is 0 Å². The van der Waals surface area contributed by atoms with Crippen LogP contribution in [0.3, 0.4) is 0 Å². The average Bonchev–Trinajstić information content (AvgIpc) is 2.08. The SMILES string of the molecule is CC1=CC2(C)C(=C1C)[Si]2(C)C. The van der Waals surface area contributed by atoms with Crippen molar-refractivity contribution < 1.29 is 0 Å². The Labute approximate surface area is 70.0 Å². The van der Waals surface area contributed by atoms with Gasteiger partial charge in [0.2, 0.25) is 0 Å². The predicted molar refractivity (Wildman–Crippen MR) is 52.3 cm³/mol. The lowest BCUT2D eigenvalue weighted by atomic mass is 10.2. The van der Waals surface area contributed by atoms with Crippen molar-refractivity contribution >= 4 is 8.07 Å². The molecule has 0 aromatic rings. The normalized spacial score (nSPS) is 38.8. The monoisotopic (exact) mass is 164 g/mol. The van der Waals surface area contributed by atoms with E-state index in [2.05, 4.69) is 39.9 Å². The quantitative estimate of drug-likeness (QED) is 0.482. The van der Waals surface area contributed by atoms with E-state index >= 15 is 0 Å². The molecule has 1 heteroatoms. The van der Waals surface area contributed by atoms with E-state index < -0.39 is 8.07 Å². The molecule has 0 amide bonds. The molecule has 0 saturated carbocycles. The topological polar surface area (TPSA) is 0 Å². The van der Waals surface area contributed by atoms with Crippen molar-refractivity contribution in [3.05, 3.63) is 22.4 Å². The third kappa shape index (κ3) is 0.572. The molecule has 2 rings (SSSR count). The van der Waals surface area contributed by atoms with E-state index in [1.165, 1.54) is 5.57 Å². The Bertz CT molecular complexity index is 294. The van der Waals surface area contributed by atoms with E-state index in [9.17, 15) is 0 Å². The van der Waals surface area contributed by atoms with Crippen molar-refractivity contribution in [2.24, 2.45) is 0 Å². The second-order valence-electron chi connectivity index (χ2n) is 4.65. The minimum Gasteiger partial charge on any atom is -0.0741 e. The Hall–Kier alpha value is -0.303. The summed E-state index contributed by atoms with van der Waals surface area (Å²) in [5.74, 6) is 0. The summed E-state index contributed by atoms with van der Waals surface area (Å²) in [4.78, 5) is 0. The summed E-state index contributed by atoms with van der Waals surface area (Å²) in [7, 11) is -0.933. The van der Waals surface area contributed by atoms with Crippen LogP contribution in [0, 0.1) is 0 Å². The summed E-state index contributed by atoms with van der Waals surface area (Å²) in [6, 6.07) is 0. The molecule has 0 bridgehead atoms. The van der Waals surface area contributed by atoms with Crippen LogP contribution in [0.25, 0.3) is 0 Å². The van der Waals surface area contributed by atoms with E-state index in [0.717, 1.165) is 0 Å². The van der Waals surface area contributed by atoms with Gasteiger partial charge >= 0.3 is 0 Å². The van der Waals surface area contributed by atoms with Crippen LogP contribution in [0.15, 0.2) is 22.4 Å². The molecule has 2 aliphatic rings. The zero-order chi connectivity index (χ0) is 8.44. The number of hydrogen-bond acceptors (Lipinski definition) is 0. The molecule has 0 nitrogen and oxygen atoms in total. The highest BCUT2D eigenvalue weighted by atomic mass is 28.3. The molecule has 0 N–H and O–H groups in total. The van der Waals surface area contributed by atoms with Crippen LogP contribution >= 0.6 is 0 Å². The molecule has 1 fully saturated rings. The summed E-state index contributed by atoms with van der Waals surface area (Å²) in [5, 5.41) is 2.36. The second kappa shape index (κ2) is 1.56. The smallest absolute Gasteiger partial charge is 0.0741 e. The summed E-state index contributed by atoms with van der Waals surface area (Å²) >= 11 is 0. The van der Waals surface area contributed by atoms with Crippen molar-refractivity contribution in [1.82, 2.24) is 0 Å². The average molecular weight is 164 g/mol. The molecule has 0 aromatic carbocycles. The molecule has 1 aliphatic carbocycles. The molecule has 1 heterocycles. The molecule has 60 valence electrons. The number of allylic oxidation sites excluding steroid dienone is 4. The van der Waals surface area contributed by atoms with Crippen LogP contribution in [0.1, 0.15) is 20.8 Å². The molecule has 11 heavy (non-hydrogen) atoms. The Morgan fingerprint density at radius 2 is 1.82 bits per heavy atom. The first-order valence-corrected chi connectivity index (χ1v) is 7.33. The Morgan fingerprint density at radius 1 is 1.27 bits per heavy atom. The van der Waals surface area contributed by atoms with Gasteiger partial charge in [0.05, 0.1) is 8.07 Å². The fourth-order valence-corrected chi connectivity index (χ4v) is 7.19. The van der Waals surface area contributed by atoms with Crippen LogP contribution < -0.4 is 0 Å². The van der Waals surface area contributed by atoms with Gasteiger partial charge in [-0.15, -0.1) is 0 Å². The first-order valence-electron chi connectivity index (χ1n) is 4.33. The third-order valence-corrected chi connectivity index (χ3v) is 8.74. The van der Waals surface area contributed by atoms with E-state index in [0.29, 0.717) is 5.04 Å². The Balaban J connectivity index is 2.56. The standard InChI is InChI=1S/C10H16Si/c1-7-6-10(3)9(8(7)2)11(10,4)5/h6H,1-5H3. The minimum atomic E-state index is -0.933. The fraction of sp³-hybridized carbons (Fsp3) is 0.600. The first kappa shape index (κ1) is 7.35. The van der Waals surface area contributed by atoms with E-state index in [1.807, 2.05) is 5.20 Å². The van der Waals surface area contributed by atoms with Gasteiger partial charge in [0.1, 0.15) is 0 Å². The number of fused-ring (bicyclic) bond motifs is 1. The maximum absolute atomic E-state index is 2.49. The highest BCUT2D eigenvalue weighted by Crippen LogP contribution is 2.72. The zero-order valence-electron chi connectivity index (χ0n) is 8.08. The summed E-state index contributed by atoms with van der Waals surface area (Å²) in [6.45, 7) is 11.9. The number of hydrogen-bond donors (Lipinski definition) is 0. The van der Waals surface area contributed by atoms with Crippen LogP contribution in [0.4, 0.5) is 0 Å². The van der Waals surface area contributed by atoms with Gasteiger partial charge < -0.3 is 0 Å². The van der Waals surface area contributed by atoms with Gasteiger partial charge in [-0.3, -0.25) is 0 Å². The van der Waals surface area contributed by atoms with Gasteiger partial charge in [0, 0.05) is 5.04 Å². The summed E-state index contributed by atoms with van der Waals surface area (Å²) < 4.78 is 0. The van der Waals surface area contributed by atoms with Gasteiger partial charge in [-0.25, -0.2) is 0 Å². The molecule has 1 atom stereocenters. The molecular weight excluding hydrogens is 148 g/mol. The lowest BCUT2D eigenvalue weighted by Crippen LogP contribution is -2.09. The highest BCUT2D eigenvalue weighted by molar-refractivity contribution is 7.01. The molecule has 1 saturated heterocycles. The molecule has 0 aromatic heterocycles. The van der Waals surface area contributed by atoms with Gasteiger partial charge in [-0.2, -0.15) is 0 Å². The van der Waals surface area contributed by atoms with Crippen LogP contribution in [0.2, 0.25) is 18.1 Å². The highest BCUT2D eigenvalue weighted by Gasteiger charge is 2.66. The summed E-state index contributed by atoms with van der Waals surface area (Å²) in [6.07, 6.45) is 2.49. The van der Waals surface area contributed by atoms with Crippen molar-refractivity contribution in [2.45, 2.75) is 38.9 Å². The van der Waals surface area contributed by atoms with Gasteiger partial charge in [0.25, 0.3) is 0 Å². The molecule has 0 spiro atoms. The second-order valence-corrected chi connectivity index (χ2v) is 9.44. The molecule has 1 unspecified atom stereocenters. The van der Waals surface area contributed by atoms with Gasteiger partial charge in [-0.1, -0.05) is 42.4 Å². The maximum atomic E-state index is 2.49. The van der Waals surface area contributed by atoms with Crippen LogP contribution in [-0.4, -0.2) is 8.07 Å². The van der Waals surface area contributed by atoms with Gasteiger partial charge in [0.15, 0.2) is 0 Å². The largest absolute Gasteiger partial charge is 0.0902 e. The lowest BCUT2D eigenvalue weighted by molar-refractivity contribution is 1.04. The van der Waals surface area contributed by atoms with Crippen molar-refractivity contribution in [1.29, 1.82) is 0 Å². The molecular formula is C10H16Si. The van der Waals surface area contributed by atoms with E-state index in [-0.39, 0.29) is 0 Å². The van der Waals surface area contributed by atoms with Crippen molar-refractivity contribution in [3.63, 3.8) is 0 Å². The maximum Gasteiger partial charge on any atom is 0.0902 e. The van der Waals surface area contributed by atoms with Crippen LogP contribution in [0.5, 0.6) is 0 Å². The minimum absolute atomic E-state index is 0.557. The zero-order valence-corrected chi connectivity index (χ0v) is 9.08.